The molecule has 0 saturated carbocycles. The maximum atomic E-state index is 11.8. The summed E-state index contributed by atoms with van der Waals surface area (Å²) in [6, 6.07) is 9.39. The van der Waals surface area contributed by atoms with Crippen molar-refractivity contribution >= 4 is 11.8 Å². The third-order valence-corrected chi connectivity index (χ3v) is 3.43. The van der Waals surface area contributed by atoms with Crippen molar-refractivity contribution < 1.29 is 9.59 Å². The minimum absolute atomic E-state index is 0.0162. The number of rotatable bonds is 8. The summed E-state index contributed by atoms with van der Waals surface area (Å²) >= 11 is 0. The number of amides is 2. The van der Waals surface area contributed by atoms with Crippen molar-refractivity contribution in [3.05, 3.63) is 35.9 Å². The lowest BCUT2D eigenvalue weighted by molar-refractivity contribution is -0.133. The summed E-state index contributed by atoms with van der Waals surface area (Å²) in [5.41, 5.74) is 6.98. The molecule has 1 aromatic rings. The van der Waals surface area contributed by atoms with Crippen molar-refractivity contribution in [3.63, 3.8) is 0 Å². The van der Waals surface area contributed by atoms with Gasteiger partial charge in [-0.2, -0.15) is 0 Å². The van der Waals surface area contributed by atoms with Crippen molar-refractivity contribution in [2.24, 2.45) is 5.73 Å². The van der Waals surface area contributed by atoms with E-state index in [0.29, 0.717) is 19.6 Å². The van der Waals surface area contributed by atoms with E-state index >= 15 is 0 Å². The van der Waals surface area contributed by atoms with E-state index in [1.54, 1.807) is 4.90 Å². The molecule has 0 aliphatic carbocycles. The monoisotopic (exact) mass is 291 g/mol. The highest BCUT2D eigenvalue weighted by Gasteiger charge is 2.13. The molecule has 0 aliphatic heterocycles. The Morgan fingerprint density at radius 3 is 2.33 bits per heavy atom. The molecular formula is C16H25N3O2. The Morgan fingerprint density at radius 1 is 1.14 bits per heavy atom. The second kappa shape index (κ2) is 9.13. The van der Waals surface area contributed by atoms with Crippen LogP contribution in [0.15, 0.2) is 30.3 Å². The SMILES string of the molecule is CCN(CC)C(=O)CCC(=O)NCC(N)c1ccccc1. The van der Waals surface area contributed by atoms with Crippen LogP contribution in [0.25, 0.3) is 0 Å². The van der Waals surface area contributed by atoms with Crippen molar-refractivity contribution in [2.45, 2.75) is 32.7 Å². The smallest absolute Gasteiger partial charge is 0.223 e. The van der Waals surface area contributed by atoms with E-state index in [0.717, 1.165) is 5.56 Å². The molecule has 1 rings (SSSR count). The zero-order valence-corrected chi connectivity index (χ0v) is 12.8. The van der Waals surface area contributed by atoms with Crippen LogP contribution in [0.4, 0.5) is 0 Å². The standard InChI is InChI=1S/C16H25N3O2/c1-3-19(4-2)16(21)11-10-15(20)18-12-14(17)13-8-6-5-7-9-13/h5-9,14H,3-4,10-12,17H2,1-2H3,(H,18,20). The molecule has 0 aliphatic rings. The van der Waals surface area contributed by atoms with Crippen LogP contribution in [-0.2, 0) is 9.59 Å². The lowest BCUT2D eigenvalue weighted by Crippen LogP contribution is -2.34. The molecule has 0 radical (unpaired) electrons. The number of hydrogen-bond acceptors (Lipinski definition) is 3. The normalized spacial score (nSPS) is 11.8. The first-order valence-electron chi connectivity index (χ1n) is 7.43. The fraction of sp³-hybridized carbons (Fsp3) is 0.500. The Labute approximate surface area is 126 Å². The lowest BCUT2D eigenvalue weighted by atomic mass is 10.1. The van der Waals surface area contributed by atoms with Gasteiger partial charge in [-0.05, 0) is 19.4 Å². The molecule has 1 atom stereocenters. The number of carbonyl (C=O) groups is 2. The highest BCUT2D eigenvalue weighted by atomic mass is 16.2. The van der Waals surface area contributed by atoms with Gasteiger partial charge in [0.2, 0.25) is 11.8 Å². The summed E-state index contributed by atoms with van der Waals surface area (Å²) in [6.45, 7) is 5.59. The minimum Gasteiger partial charge on any atom is -0.354 e. The van der Waals surface area contributed by atoms with E-state index in [1.165, 1.54) is 0 Å². The first-order valence-corrected chi connectivity index (χ1v) is 7.43. The van der Waals surface area contributed by atoms with Gasteiger partial charge in [0.05, 0.1) is 0 Å². The first-order chi connectivity index (χ1) is 10.1. The first kappa shape index (κ1) is 17.2. The Hall–Kier alpha value is -1.88. The van der Waals surface area contributed by atoms with E-state index in [4.69, 9.17) is 5.73 Å². The number of carbonyl (C=O) groups excluding carboxylic acids is 2. The van der Waals surface area contributed by atoms with Crippen molar-refractivity contribution in [1.29, 1.82) is 0 Å². The van der Waals surface area contributed by atoms with Crippen molar-refractivity contribution in [3.8, 4) is 0 Å². The van der Waals surface area contributed by atoms with Crippen LogP contribution in [0.3, 0.4) is 0 Å². The van der Waals surface area contributed by atoms with Crippen molar-refractivity contribution in [2.75, 3.05) is 19.6 Å². The van der Waals surface area contributed by atoms with Gasteiger partial charge in [-0.3, -0.25) is 9.59 Å². The van der Waals surface area contributed by atoms with Gasteiger partial charge in [0, 0.05) is 38.5 Å². The van der Waals surface area contributed by atoms with Crippen LogP contribution in [-0.4, -0.2) is 36.3 Å². The molecule has 21 heavy (non-hydrogen) atoms. The zero-order valence-electron chi connectivity index (χ0n) is 12.8. The molecule has 0 saturated heterocycles. The van der Waals surface area contributed by atoms with Crippen LogP contribution in [0.2, 0.25) is 0 Å². The lowest BCUT2D eigenvalue weighted by Gasteiger charge is -2.18. The summed E-state index contributed by atoms with van der Waals surface area (Å²) in [5, 5.41) is 2.78. The molecule has 0 spiro atoms. The maximum absolute atomic E-state index is 11.8. The highest BCUT2D eigenvalue weighted by molar-refractivity contribution is 5.83. The van der Waals surface area contributed by atoms with Gasteiger partial charge >= 0.3 is 0 Å². The fourth-order valence-electron chi connectivity index (χ4n) is 2.09. The molecule has 0 aromatic heterocycles. The highest BCUT2D eigenvalue weighted by Crippen LogP contribution is 2.08. The van der Waals surface area contributed by atoms with E-state index in [9.17, 15) is 9.59 Å². The number of nitrogens with zero attached hydrogens (tertiary/aromatic N) is 1. The molecule has 0 heterocycles. The van der Waals surface area contributed by atoms with Crippen molar-refractivity contribution in [1.82, 2.24) is 10.2 Å². The summed E-state index contributed by atoms with van der Waals surface area (Å²) in [4.78, 5) is 25.3. The van der Waals surface area contributed by atoms with Crippen LogP contribution >= 0.6 is 0 Å². The van der Waals surface area contributed by atoms with E-state index < -0.39 is 0 Å². The molecule has 1 aromatic carbocycles. The summed E-state index contributed by atoms with van der Waals surface area (Å²) in [7, 11) is 0. The summed E-state index contributed by atoms with van der Waals surface area (Å²) in [5.74, 6) is -0.121. The maximum Gasteiger partial charge on any atom is 0.223 e. The van der Waals surface area contributed by atoms with Gasteiger partial charge in [0.25, 0.3) is 0 Å². The molecule has 0 bridgehead atoms. The van der Waals surface area contributed by atoms with Crippen LogP contribution in [0.5, 0.6) is 0 Å². The second-order valence-electron chi connectivity index (χ2n) is 4.89. The molecule has 3 N–H and O–H groups in total. The minimum atomic E-state index is -0.228. The molecule has 1 unspecified atom stereocenters. The predicted octanol–water partition coefficient (Wildman–Crippen LogP) is 1.45. The van der Waals surface area contributed by atoms with Crippen LogP contribution in [0, 0.1) is 0 Å². The Morgan fingerprint density at radius 2 is 1.76 bits per heavy atom. The summed E-state index contributed by atoms with van der Waals surface area (Å²) in [6.07, 6.45) is 0.449. The molecule has 0 fully saturated rings. The molecule has 116 valence electrons. The number of nitrogens with one attached hydrogen (secondary N) is 1. The average molecular weight is 291 g/mol. The van der Waals surface area contributed by atoms with Gasteiger partial charge in [-0.15, -0.1) is 0 Å². The average Bonchev–Trinajstić information content (AvgIpc) is 2.52. The number of benzene rings is 1. The zero-order chi connectivity index (χ0) is 15.7. The molecular weight excluding hydrogens is 266 g/mol. The van der Waals surface area contributed by atoms with Gasteiger partial charge in [0.15, 0.2) is 0 Å². The molecule has 5 nitrogen and oxygen atoms in total. The molecule has 5 heteroatoms. The molecule has 2 amide bonds. The van der Waals surface area contributed by atoms with Gasteiger partial charge < -0.3 is 16.0 Å². The quantitative estimate of drug-likeness (QED) is 0.761. The number of nitrogens with two attached hydrogens (primary N) is 1. The predicted molar refractivity (Wildman–Crippen MR) is 83.5 cm³/mol. The van der Waals surface area contributed by atoms with Crippen LogP contribution < -0.4 is 11.1 Å². The van der Waals surface area contributed by atoms with E-state index in [2.05, 4.69) is 5.32 Å². The van der Waals surface area contributed by atoms with Gasteiger partial charge in [0.1, 0.15) is 0 Å². The van der Waals surface area contributed by atoms with Gasteiger partial charge in [-0.25, -0.2) is 0 Å². The van der Waals surface area contributed by atoms with Crippen LogP contribution in [0.1, 0.15) is 38.3 Å². The number of hydrogen-bond donors (Lipinski definition) is 2. The third kappa shape index (κ3) is 5.95. The Kier molecular flexibility index (Phi) is 7.46. The third-order valence-electron chi connectivity index (χ3n) is 3.43. The van der Waals surface area contributed by atoms with Gasteiger partial charge in [-0.1, -0.05) is 30.3 Å². The summed E-state index contributed by atoms with van der Waals surface area (Å²) < 4.78 is 0. The Balaban J connectivity index is 2.30. The fourth-order valence-corrected chi connectivity index (χ4v) is 2.09. The largest absolute Gasteiger partial charge is 0.354 e. The topological polar surface area (TPSA) is 75.4 Å². The van der Waals surface area contributed by atoms with E-state index in [-0.39, 0.29) is 30.7 Å². The second-order valence-corrected chi connectivity index (χ2v) is 4.89. The Bertz CT molecular complexity index is 444. The van der Waals surface area contributed by atoms with E-state index in [1.807, 2.05) is 44.2 Å².